The van der Waals surface area contributed by atoms with Crippen molar-refractivity contribution in [3.05, 3.63) is 38.0 Å². The summed E-state index contributed by atoms with van der Waals surface area (Å²) in [7, 11) is 0. The first-order valence-electron chi connectivity index (χ1n) is 4.90. The van der Waals surface area contributed by atoms with Gasteiger partial charge in [-0.05, 0) is 36.2 Å². The van der Waals surface area contributed by atoms with Gasteiger partial charge in [0.05, 0.1) is 10.7 Å². The maximum atomic E-state index is 11.8. The Kier molecular flexibility index (Phi) is 3.36. The summed E-state index contributed by atoms with van der Waals surface area (Å²) in [6, 6.07) is 2.01. The second-order valence-electron chi connectivity index (χ2n) is 3.46. The predicted octanol–water partition coefficient (Wildman–Crippen LogP) is 2.75. The van der Waals surface area contributed by atoms with Crippen LogP contribution in [0.2, 0.25) is 0 Å². The number of thiazole rings is 1. The van der Waals surface area contributed by atoms with Gasteiger partial charge in [0.2, 0.25) is 0 Å². The van der Waals surface area contributed by atoms with Gasteiger partial charge in [0.25, 0.3) is 5.91 Å². The van der Waals surface area contributed by atoms with Crippen molar-refractivity contribution in [3.63, 3.8) is 0 Å². The van der Waals surface area contributed by atoms with Crippen molar-refractivity contribution in [1.29, 1.82) is 0 Å². The van der Waals surface area contributed by atoms with Crippen LogP contribution in [0.15, 0.2) is 16.8 Å². The Morgan fingerprint density at radius 3 is 2.88 bits per heavy atom. The highest BCUT2D eigenvalue weighted by atomic mass is 32.1. The second-order valence-corrected chi connectivity index (χ2v) is 5.44. The van der Waals surface area contributed by atoms with Crippen molar-refractivity contribution in [2.24, 2.45) is 0 Å². The topological polar surface area (TPSA) is 42.0 Å². The highest BCUT2D eigenvalue weighted by Gasteiger charge is 2.12. The van der Waals surface area contributed by atoms with Gasteiger partial charge in [-0.25, -0.2) is 4.98 Å². The number of carbonyl (C=O) groups excluding carboxylic acids is 1. The molecule has 3 nitrogen and oxygen atoms in total. The molecule has 0 unspecified atom stereocenters. The quantitative estimate of drug-likeness (QED) is 0.912. The fraction of sp³-hybridized carbons (Fsp3) is 0.273. The van der Waals surface area contributed by atoms with Crippen LogP contribution in [0, 0.1) is 13.8 Å². The molecule has 1 amide bonds. The van der Waals surface area contributed by atoms with Crippen molar-refractivity contribution >= 4 is 28.6 Å². The number of nitrogens with one attached hydrogen (secondary N) is 1. The summed E-state index contributed by atoms with van der Waals surface area (Å²) in [4.78, 5) is 16.8. The molecule has 16 heavy (non-hydrogen) atoms. The van der Waals surface area contributed by atoms with Crippen LogP contribution in [0.5, 0.6) is 0 Å². The van der Waals surface area contributed by atoms with E-state index < -0.39 is 0 Å². The van der Waals surface area contributed by atoms with E-state index in [-0.39, 0.29) is 5.91 Å². The van der Waals surface area contributed by atoms with Crippen LogP contribution in [-0.2, 0) is 6.54 Å². The Morgan fingerprint density at radius 2 is 2.31 bits per heavy atom. The summed E-state index contributed by atoms with van der Waals surface area (Å²) >= 11 is 3.07. The Labute approximate surface area is 102 Å². The average Bonchev–Trinajstić information content (AvgIpc) is 2.84. The summed E-state index contributed by atoms with van der Waals surface area (Å²) < 4.78 is 0. The number of thiophene rings is 1. The van der Waals surface area contributed by atoms with Crippen LogP contribution in [0.1, 0.15) is 25.9 Å². The van der Waals surface area contributed by atoms with Gasteiger partial charge < -0.3 is 5.32 Å². The molecular formula is C11H12N2OS2. The second kappa shape index (κ2) is 4.76. The van der Waals surface area contributed by atoms with E-state index >= 15 is 0 Å². The van der Waals surface area contributed by atoms with Gasteiger partial charge in [0.1, 0.15) is 4.88 Å². The van der Waals surface area contributed by atoms with Gasteiger partial charge in [-0.15, -0.1) is 11.3 Å². The smallest absolute Gasteiger partial charge is 0.263 e. The largest absolute Gasteiger partial charge is 0.347 e. The summed E-state index contributed by atoms with van der Waals surface area (Å²) in [6.07, 6.45) is 0. The van der Waals surface area contributed by atoms with Crippen molar-refractivity contribution in [1.82, 2.24) is 10.3 Å². The molecule has 5 heteroatoms. The third-order valence-corrected chi connectivity index (χ3v) is 3.95. The van der Waals surface area contributed by atoms with E-state index in [1.165, 1.54) is 11.3 Å². The summed E-state index contributed by atoms with van der Waals surface area (Å²) in [5.41, 5.74) is 1.95. The van der Waals surface area contributed by atoms with Crippen LogP contribution >= 0.6 is 22.7 Å². The maximum absolute atomic E-state index is 11.8. The molecule has 0 aliphatic carbocycles. The molecule has 0 atom stereocenters. The molecule has 0 aromatic carbocycles. The molecular weight excluding hydrogens is 240 g/mol. The van der Waals surface area contributed by atoms with Gasteiger partial charge in [0, 0.05) is 6.54 Å². The molecule has 1 N–H and O–H groups in total. The summed E-state index contributed by atoms with van der Waals surface area (Å²) in [6.45, 7) is 4.36. The van der Waals surface area contributed by atoms with Crippen molar-refractivity contribution in [3.8, 4) is 0 Å². The van der Waals surface area contributed by atoms with Crippen LogP contribution < -0.4 is 5.32 Å². The minimum Gasteiger partial charge on any atom is -0.347 e. The first kappa shape index (κ1) is 11.3. The molecule has 0 bridgehead atoms. The molecule has 2 heterocycles. The zero-order chi connectivity index (χ0) is 11.5. The Hall–Kier alpha value is -1.20. The third kappa shape index (κ3) is 2.48. The SMILES string of the molecule is Cc1nc(C)c(C(=O)NCc2ccsc2)s1. The van der Waals surface area contributed by atoms with Crippen molar-refractivity contribution in [2.45, 2.75) is 20.4 Å². The van der Waals surface area contributed by atoms with E-state index in [2.05, 4.69) is 10.3 Å². The summed E-state index contributed by atoms with van der Waals surface area (Å²) in [5.74, 6) is -0.0331. The van der Waals surface area contributed by atoms with Gasteiger partial charge in [-0.2, -0.15) is 11.3 Å². The first-order chi connectivity index (χ1) is 7.66. The number of hydrogen-bond acceptors (Lipinski definition) is 4. The minimum atomic E-state index is -0.0331. The van der Waals surface area contributed by atoms with Gasteiger partial charge in [-0.1, -0.05) is 0 Å². The number of aryl methyl sites for hydroxylation is 2. The molecule has 2 aromatic rings. The first-order valence-corrected chi connectivity index (χ1v) is 6.66. The third-order valence-electron chi connectivity index (χ3n) is 2.14. The van der Waals surface area contributed by atoms with Gasteiger partial charge in [-0.3, -0.25) is 4.79 Å². The number of amides is 1. The van der Waals surface area contributed by atoms with E-state index in [1.54, 1.807) is 11.3 Å². The molecule has 84 valence electrons. The number of hydrogen-bond donors (Lipinski definition) is 1. The molecule has 0 spiro atoms. The lowest BCUT2D eigenvalue weighted by Gasteiger charge is -2.01. The Morgan fingerprint density at radius 1 is 1.50 bits per heavy atom. The molecule has 0 saturated heterocycles. The number of carbonyl (C=O) groups is 1. The van der Waals surface area contributed by atoms with Gasteiger partial charge >= 0.3 is 0 Å². The van der Waals surface area contributed by atoms with Gasteiger partial charge in [0.15, 0.2) is 0 Å². The lowest BCUT2D eigenvalue weighted by Crippen LogP contribution is -2.22. The van der Waals surface area contributed by atoms with Crippen molar-refractivity contribution < 1.29 is 4.79 Å². The fourth-order valence-electron chi connectivity index (χ4n) is 1.40. The van der Waals surface area contributed by atoms with E-state index in [4.69, 9.17) is 0 Å². The van der Waals surface area contributed by atoms with Crippen LogP contribution in [0.4, 0.5) is 0 Å². The predicted molar refractivity (Wildman–Crippen MR) is 67.1 cm³/mol. The zero-order valence-electron chi connectivity index (χ0n) is 9.11. The molecule has 0 radical (unpaired) electrons. The minimum absolute atomic E-state index is 0.0331. The zero-order valence-corrected chi connectivity index (χ0v) is 10.7. The monoisotopic (exact) mass is 252 g/mol. The van der Waals surface area contributed by atoms with Crippen molar-refractivity contribution in [2.75, 3.05) is 0 Å². The highest BCUT2D eigenvalue weighted by molar-refractivity contribution is 7.13. The van der Waals surface area contributed by atoms with Crippen LogP contribution in [0.25, 0.3) is 0 Å². The molecule has 0 fully saturated rings. The summed E-state index contributed by atoms with van der Waals surface area (Å²) in [5, 5.41) is 7.86. The highest BCUT2D eigenvalue weighted by Crippen LogP contribution is 2.17. The fourth-order valence-corrected chi connectivity index (χ4v) is 2.90. The molecule has 0 aliphatic heterocycles. The Balaban J connectivity index is 2.01. The molecule has 2 aromatic heterocycles. The van der Waals surface area contributed by atoms with E-state index in [0.29, 0.717) is 11.4 Å². The molecule has 0 aliphatic rings. The normalized spacial score (nSPS) is 10.4. The number of aromatic nitrogens is 1. The standard InChI is InChI=1S/C11H12N2OS2/c1-7-10(16-8(2)13-7)11(14)12-5-9-3-4-15-6-9/h3-4,6H,5H2,1-2H3,(H,12,14). The lowest BCUT2D eigenvalue weighted by molar-refractivity contribution is 0.0954. The average molecular weight is 252 g/mol. The van der Waals surface area contributed by atoms with E-state index in [9.17, 15) is 4.79 Å². The van der Waals surface area contributed by atoms with Crippen LogP contribution in [0.3, 0.4) is 0 Å². The van der Waals surface area contributed by atoms with Crippen LogP contribution in [-0.4, -0.2) is 10.9 Å². The van der Waals surface area contributed by atoms with E-state index in [0.717, 1.165) is 16.3 Å². The maximum Gasteiger partial charge on any atom is 0.263 e. The molecule has 0 saturated carbocycles. The number of rotatable bonds is 3. The van der Waals surface area contributed by atoms with E-state index in [1.807, 2.05) is 30.7 Å². The Bertz CT molecular complexity index is 488. The number of nitrogens with zero attached hydrogens (tertiary/aromatic N) is 1. The lowest BCUT2D eigenvalue weighted by atomic mass is 10.3. The molecule has 2 rings (SSSR count).